The summed E-state index contributed by atoms with van der Waals surface area (Å²) >= 11 is 0. The van der Waals surface area contributed by atoms with Crippen LogP contribution in [0.3, 0.4) is 0 Å². The summed E-state index contributed by atoms with van der Waals surface area (Å²) in [6.07, 6.45) is 0. The van der Waals surface area contributed by atoms with E-state index in [2.05, 4.69) is 4.98 Å². The fraction of sp³-hybridized carbons (Fsp3) is 0.182. The zero-order valence-electron chi connectivity index (χ0n) is 9.27. The molecule has 0 aliphatic carbocycles. The van der Waals surface area contributed by atoms with Crippen LogP contribution < -0.4 is 5.56 Å². The standard InChI is InChI=1S/C11H10N2O4/c1-5-3-8-7(4-9(14)11(15)12-8)10(6(5)2)13(16)17/h3-4,14H,1-2H3,(H,12,15). The number of rotatable bonds is 1. The van der Waals surface area contributed by atoms with Gasteiger partial charge in [-0.2, -0.15) is 0 Å². The lowest BCUT2D eigenvalue weighted by Gasteiger charge is -2.06. The van der Waals surface area contributed by atoms with Gasteiger partial charge in [-0.05, 0) is 25.5 Å². The fourth-order valence-corrected chi connectivity index (χ4v) is 1.79. The number of aromatic amines is 1. The Morgan fingerprint density at radius 2 is 2.00 bits per heavy atom. The van der Waals surface area contributed by atoms with Crippen LogP contribution in [-0.2, 0) is 0 Å². The SMILES string of the molecule is Cc1cc2[nH]c(=O)c(O)cc2c([N+](=O)[O-])c1C. The topological polar surface area (TPSA) is 96.2 Å². The molecule has 6 nitrogen and oxygen atoms in total. The van der Waals surface area contributed by atoms with Crippen LogP contribution in [0.2, 0.25) is 0 Å². The number of H-pyrrole nitrogens is 1. The Morgan fingerprint density at radius 3 is 2.59 bits per heavy atom. The molecule has 17 heavy (non-hydrogen) atoms. The van der Waals surface area contributed by atoms with Gasteiger partial charge in [0, 0.05) is 11.6 Å². The third kappa shape index (κ3) is 1.63. The highest BCUT2D eigenvalue weighted by Gasteiger charge is 2.19. The van der Waals surface area contributed by atoms with E-state index in [1.54, 1.807) is 19.9 Å². The van der Waals surface area contributed by atoms with Crippen molar-refractivity contribution in [1.29, 1.82) is 0 Å². The van der Waals surface area contributed by atoms with Gasteiger partial charge in [0.25, 0.3) is 11.2 Å². The molecule has 2 rings (SSSR count). The second kappa shape index (κ2) is 3.58. The first-order valence-corrected chi connectivity index (χ1v) is 4.92. The largest absolute Gasteiger partial charge is 0.503 e. The van der Waals surface area contributed by atoms with Gasteiger partial charge in [-0.3, -0.25) is 14.9 Å². The zero-order chi connectivity index (χ0) is 12.7. The summed E-state index contributed by atoms with van der Waals surface area (Å²) in [7, 11) is 0. The number of aryl methyl sites for hydroxylation is 1. The molecule has 0 unspecified atom stereocenters. The van der Waals surface area contributed by atoms with E-state index >= 15 is 0 Å². The van der Waals surface area contributed by atoms with Gasteiger partial charge in [0.1, 0.15) is 0 Å². The molecule has 0 bridgehead atoms. The Kier molecular flexibility index (Phi) is 2.35. The zero-order valence-corrected chi connectivity index (χ0v) is 9.27. The van der Waals surface area contributed by atoms with E-state index in [0.29, 0.717) is 16.6 Å². The molecule has 0 amide bonds. The number of nitrogens with one attached hydrogen (secondary N) is 1. The molecule has 0 fully saturated rings. The van der Waals surface area contributed by atoms with E-state index in [1.807, 2.05) is 0 Å². The molecule has 0 aliphatic rings. The van der Waals surface area contributed by atoms with Crippen molar-refractivity contribution in [3.63, 3.8) is 0 Å². The van der Waals surface area contributed by atoms with Gasteiger partial charge in [0.05, 0.1) is 15.8 Å². The molecule has 2 aromatic rings. The molecule has 6 heteroatoms. The number of pyridine rings is 1. The first-order valence-electron chi connectivity index (χ1n) is 4.92. The molecule has 1 aromatic carbocycles. The van der Waals surface area contributed by atoms with Crippen molar-refractivity contribution in [3.8, 4) is 5.75 Å². The summed E-state index contributed by atoms with van der Waals surface area (Å²) in [6.45, 7) is 3.36. The monoisotopic (exact) mass is 234 g/mol. The van der Waals surface area contributed by atoms with Gasteiger partial charge in [-0.1, -0.05) is 0 Å². The van der Waals surface area contributed by atoms with Gasteiger partial charge in [-0.15, -0.1) is 0 Å². The molecule has 0 saturated carbocycles. The van der Waals surface area contributed by atoms with Crippen molar-refractivity contribution in [2.75, 3.05) is 0 Å². The van der Waals surface area contributed by atoms with E-state index in [4.69, 9.17) is 0 Å². The lowest BCUT2D eigenvalue weighted by Crippen LogP contribution is -2.06. The van der Waals surface area contributed by atoms with Crippen LogP contribution in [0.25, 0.3) is 10.9 Å². The van der Waals surface area contributed by atoms with Gasteiger partial charge in [0.2, 0.25) is 0 Å². The molecule has 0 radical (unpaired) electrons. The number of fused-ring (bicyclic) bond motifs is 1. The van der Waals surface area contributed by atoms with Gasteiger partial charge >= 0.3 is 0 Å². The summed E-state index contributed by atoms with van der Waals surface area (Å²) in [4.78, 5) is 24.2. The number of aromatic nitrogens is 1. The van der Waals surface area contributed by atoms with Gasteiger partial charge < -0.3 is 10.1 Å². The minimum Gasteiger partial charge on any atom is -0.503 e. The lowest BCUT2D eigenvalue weighted by molar-refractivity contribution is -0.383. The van der Waals surface area contributed by atoms with Crippen LogP contribution in [0.5, 0.6) is 5.75 Å². The molecule has 1 heterocycles. The third-order valence-electron chi connectivity index (χ3n) is 2.80. The first kappa shape index (κ1) is 11.1. The van der Waals surface area contributed by atoms with Crippen LogP contribution in [0, 0.1) is 24.0 Å². The molecule has 0 spiro atoms. The highest BCUT2D eigenvalue weighted by atomic mass is 16.6. The van der Waals surface area contributed by atoms with Crippen LogP contribution >= 0.6 is 0 Å². The van der Waals surface area contributed by atoms with Crippen molar-refractivity contribution in [2.45, 2.75) is 13.8 Å². The predicted octanol–water partition coefficient (Wildman–Crippen LogP) is 1.76. The smallest absolute Gasteiger partial charge is 0.290 e. The summed E-state index contributed by atoms with van der Waals surface area (Å²) in [5.41, 5.74) is 0.837. The third-order valence-corrected chi connectivity index (χ3v) is 2.80. The average Bonchev–Trinajstić information content (AvgIpc) is 2.23. The molecule has 0 atom stereocenters. The van der Waals surface area contributed by atoms with Crippen molar-refractivity contribution < 1.29 is 10.0 Å². The maximum Gasteiger partial charge on any atom is 0.290 e. The Balaban J connectivity index is 3.03. The number of hydrogen-bond donors (Lipinski definition) is 2. The maximum atomic E-state index is 11.2. The van der Waals surface area contributed by atoms with E-state index < -0.39 is 16.2 Å². The number of hydrogen-bond acceptors (Lipinski definition) is 4. The normalized spacial score (nSPS) is 10.7. The summed E-state index contributed by atoms with van der Waals surface area (Å²) < 4.78 is 0. The lowest BCUT2D eigenvalue weighted by atomic mass is 10.0. The summed E-state index contributed by atoms with van der Waals surface area (Å²) in [6, 6.07) is 2.78. The Morgan fingerprint density at radius 1 is 1.35 bits per heavy atom. The van der Waals surface area contributed by atoms with Crippen LogP contribution in [0.4, 0.5) is 5.69 Å². The number of nitro benzene ring substituents is 1. The Bertz CT molecular complexity index is 688. The van der Waals surface area contributed by atoms with Crippen molar-refractivity contribution >= 4 is 16.6 Å². The number of nitro groups is 1. The summed E-state index contributed by atoms with van der Waals surface area (Å²) in [5, 5.41) is 20.6. The maximum absolute atomic E-state index is 11.2. The number of nitrogens with zero attached hydrogens (tertiary/aromatic N) is 1. The molecule has 1 aromatic heterocycles. The molecule has 88 valence electrons. The Hall–Kier alpha value is -2.37. The molecular weight excluding hydrogens is 224 g/mol. The minimum atomic E-state index is -0.657. The quantitative estimate of drug-likeness (QED) is 0.580. The molecular formula is C11H10N2O4. The van der Waals surface area contributed by atoms with Crippen molar-refractivity contribution in [3.05, 3.63) is 43.7 Å². The van der Waals surface area contributed by atoms with Crippen molar-refractivity contribution in [1.82, 2.24) is 4.98 Å². The second-order valence-corrected chi connectivity index (χ2v) is 3.87. The number of benzene rings is 1. The van der Waals surface area contributed by atoms with E-state index in [9.17, 15) is 20.0 Å². The first-order chi connectivity index (χ1) is 7.91. The molecule has 0 saturated heterocycles. The molecule has 2 N–H and O–H groups in total. The van der Waals surface area contributed by atoms with E-state index in [1.165, 1.54) is 0 Å². The Labute approximate surface area is 95.7 Å². The summed E-state index contributed by atoms with van der Waals surface area (Å²) in [5.74, 6) is -0.524. The fourth-order valence-electron chi connectivity index (χ4n) is 1.79. The molecule has 0 aliphatic heterocycles. The van der Waals surface area contributed by atoms with Gasteiger partial charge in [-0.25, -0.2) is 0 Å². The predicted molar refractivity (Wildman–Crippen MR) is 62.4 cm³/mol. The van der Waals surface area contributed by atoms with Gasteiger partial charge in [0.15, 0.2) is 5.75 Å². The van der Waals surface area contributed by atoms with E-state index in [0.717, 1.165) is 6.07 Å². The second-order valence-electron chi connectivity index (χ2n) is 3.87. The van der Waals surface area contributed by atoms with E-state index in [-0.39, 0.29) is 11.1 Å². The average molecular weight is 234 g/mol. The van der Waals surface area contributed by atoms with Crippen LogP contribution in [0.15, 0.2) is 16.9 Å². The van der Waals surface area contributed by atoms with Crippen LogP contribution in [0.1, 0.15) is 11.1 Å². The number of aromatic hydroxyl groups is 1. The van der Waals surface area contributed by atoms with Crippen molar-refractivity contribution in [2.24, 2.45) is 0 Å². The highest BCUT2D eigenvalue weighted by Crippen LogP contribution is 2.31. The minimum absolute atomic E-state index is 0.0912. The highest BCUT2D eigenvalue weighted by molar-refractivity contribution is 5.91. The van der Waals surface area contributed by atoms with Crippen LogP contribution in [-0.4, -0.2) is 15.0 Å².